The van der Waals surface area contributed by atoms with Crippen LogP contribution in [0.5, 0.6) is 0 Å². The third kappa shape index (κ3) is 3.02. The predicted molar refractivity (Wildman–Crippen MR) is 90.3 cm³/mol. The lowest BCUT2D eigenvalue weighted by molar-refractivity contribution is 0.260. The van der Waals surface area contributed by atoms with Gasteiger partial charge in [0.1, 0.15) is 0 Å². The van der Waals surface area contributed by atoms with E-state index in [0.29, 0.717) is 0 Å². The van der Waals surface area contributed by atoms with E-state index in [4.69, 9.17) is 11.5 Å². The van der Waals surface area contributed by atoms with E-state index in [1.165, 1.54) is 11.1 Å². The molecule has 112 valence electrons. The van der Waals surface area contributed by atoms with Gasteiger partial charge in [0, 0.05) is 23.4 Å². The molecular weight excluding hydrogens is 256 g/mol. The van der Waals surface area contributed by atoms with Gasteiger partial charge in [-0.15, -0.1) is 0 Å². The van der Waals surface area contributed by atoms with E-state index < -0.39 is 5.54 Å². The smallest absolute Gasteiger partial charge is 0.0438 e. The zero-order chi connectivity index (χ0) is 15.5. The summed E-state index contributed by atoms with van der Waals surface area (Å²) < 4.78 is 0. The van der Waals surface area contributed by atoms with E-state index in [1.807, 2.05) is 19.1 Å². The zero-order valence-electron chi connectivity index (χ0n) is 13.2. The van der Waals surface area contributed by atoms with Crippen LogP contribution in [0.4, 0.5) is 0 Å². The minimum absolute atomic E-state index is 0.108. The first kappa shape index (κ1) is 15.7. The Balaban J connectivity index is 2.41. The van der Waals surface area contributed by atoms with Gasteiger partial charge in [-0.1, -0.05) is 74.5 Å². The van der Waals surface area contributed by atoms with Gasteiger partial charge < -0.3 is 11.5 Å². The molecule has 0 fully saturated rings. The van der Waals surface area contributed by atoms with Gasteiger partial charge in [0.25, 0.3) is 0 Å². The molecule has 0 bridgehead atoms. The maximum atomic E-state index is 6.87. The monoisotopic (exact) mass is 282 g/mol. The molecule has 2 aromatic carbocycles. The van der Waals surface area contributed by atoms with Gasteiger partial charge >= 0.3 is 0 Å². The van der Waals surface area contributed by atoms with Crippen LogP contribution < -0.4 is 11.5 Å². The van der Waals surface area contributed by atoms with Crippen LogP contribution in [-0.2, 0) is 0 Å². The van der Waals surface area contributed by atoms with Crippen molar-refractivity contribution in [3.05, 3.63) is 71.8 Å². The summed E-state index contributed by atoms with van der Waals surface area (Å²) in [6.45, 7) is 6.37. The second-order valence-corrected chi connectivity index (χ2v) is 6.05. The van der Waals surface area contributed by atoms with Crippen LogP contribution in [0.1, 0.15) is 43.7 Å². The molecule has 0 saturated carbocycles. The van der Waals surface area contributed by atoms with Gasteiger partial charge in [0.05, 0.1) is 0 Å². The minimum atomic E-state index is -0.497. The summed E-state index contributed by atoms with van der Waals surface area (Å²) >= 11 is 0. The van der Waals surface area contributed by atoms with Crippen molar-refractivity contribution in [2.75, 3.05) is 0 Å². The zero-order valence-corrected chi connectivity index (χ0v) is 13.2. The summed E-state index contributed by atoms with van der Waals surface area (Å²) in [4.78, 5) is 0. The van der Waals surface area contributed by atoms with Crippen molar-refractivity contribution in [2.24, 2.45) is 11.5 Å². The van der Waals surface area contributed by atoms with Crippen molar-refractivity contribution in [2.45, 2.75) is 44.2 Å². The molecule has 0 aliphatic rings. The molecule has 0 spiro atoms. The van der Waals surface area contributed by atoms with E-state index in [-0.39, 0.29) is 17.9 Å². The van der Waals surface area contributed by atoms with Crippen molar-refractivity contribution >= 4 is 0 Å². The molecule has 0 aliphatic carbocycles. The summed E-state index contributed by atoms with van der Waals surface area (Å²) in [5.41, 5.74) is 15.2. The minimum Gasteiger partial charge on any atom is -0.326 e. The van der Waals surface area contributed by atoms with Gasteiger partial charge in [0.2, 0.25) is 0 Å². The van der Waals surface area contributed by atoms with E-state index in [9.17, 15) is 0 Å². The van der Waals surface area contributed by atoms with Crippen LogP contribution >= 0.6 is 0 Å². The Hall–Kier alpha value is -1.64. The van der Waals surface area contributed by atoms with Crippen molar-refractivity contribution in [1.29, 1.82) is 0 Å². The highest BCUT2D eigenvalue weighted by atomic mass is 14.9. The average Bonchev–Trinajstić information content (AvgIpc) is 2.54. The largest absolute Gasteiger partial charge is 0.326 e. The van der Waals surface area contributed by atoms with Gasteiger partial charge in [-0.3, -0.25) is 0 Å². The highest BCUT2D eigenvalue weighted by Crippen LogP contribution is 2.39. The molecule has 0 saturated heterocycles. The standard InChI is InChI=1S/C19H26N2/c1-14(17-10-6-4-7-11-17)19(21,16(3)20)15(2)18-12-8-5-9-13-18/h4-16H,20-21H2,1-3H3. The van der Waals surface area contributed by atoms with Crippen molar-refractivity contribution in [3.63, 3.8) is 0 Å². The van der Waals surface area contributed by atoms with E-state index in [0.717, 1.165) is 0 Å². The van der Waals surface area contributed by atoms with E-state index >= 15 is 0 Å². The summed E-state index contributed by atoms with van der Waals surface area (Å²) in [5, 5.41) is 0. The van der Waals surface area contributed by atoms with Gasteiger partial charge in [-0.25, -0.2) is 0 Å². The molecule has 2 nitrogen and oxygen atoms in total. The highest BCUT2D eigenvalue weighted by molar-refractivity contribution is 5.31. The molecule has 0 aromatic heterocycles. The maximum Gasteiger partial charge on any atom is 0.0438 e. The Kier molecular flexibility index (Phi) is 4.81. The Morgan fingerprint density at radius 3 is 1.33 bits per heavy atom. The number of hydrogen-bond acceptors (Lipinski definition) is 2. The van der Waals surface area contributed by atoms with Gasteiger partial charge in [-0.05, 0) is 18.1 Å². The normalized spacial score (nSPS) is 18.5. The van der Waals surface area contributed by atoms with Crippen molar-refractivity contribution in [3.8, 4) is 0 Å². The molecule has 0 amide bonds. The molecule has 0 heterocycles. The molecule has 0 aliphatic heterocycles. The Bertz CT molecular complexity index is 503. The number of rotatable bonds is 5. The Labute approximate surface area is 128 Å². The third-order valence-electron chi connectivity index (χ3n) is 4.89. The highest BCUT2D eigenvalue weighted by Gasteiger charge is 2.42. The topological polar surface area (TPSA) is 52.0 Å². The second kappa shape index (κ2) is 6.42. The molecule has 4 N–H and O–H groups in total. The fraction of sp³-hybridized carbons (Fsp3) is 0.368. The van der Waals surface area contributed by atoms with Gasteiger partial charge in [0.15, 0.2) is 0 Å². The first-order valence-corrected chi connectivity index (χ1v) is 7.62. The number of benzene rings is 2. The average molecular weight is 282 g/mol. The summed E-state index contributed by atoms with van der Waals surface area (Å²) in [6, 6.07) is 20.7. The van der Waals surface area contributed by atoms with Crippen LogP contribution in [0.25, 0.3) is 0 Å². The maximum absolute atomic E-state index is 6.87. The molecule has 0 radical (unpaired) electrons. The molecular formula is C19H26N2. The summed E-state index contributed by atoms with van der Waals surface area (Å²) in [6.07, 6.45) is 0. The number of hydrogen-bond donors (Lipinski definition) is 2. The van der Waals surface area contributed by atoms with Crippen molar-refractivity contribution in [1.82, 2.24) is 0 Å². The molecule has 2 rings (SSSR count). The fourth-order valence-corrected chi connectivity index (χ4v) is 3.22. The SMILES string of the molecule is CC(N)C(N)(C(C)c1ccccc1)C(C)c1ccccc1. The molecule has 21 heavy (non-hydrogen) atoms. The molecule has 2 aromatic rings. The van der Waals surface area contributed by atoms with E-state index in [2.05, 4.69) is 62.4 Å². The lowest BCUT2D eigenvalue weighted by atomic mass is 9.67. The Morgan fingerprint density at radius 2 is 1.05 bits per heavy atom. The predicted octanol–water partition coefficient (Wildman–Crippen LogP) is 3.64. The van der Waals surface area contributed by atoms with Crippen LogP contribution in [0.2, 0.25) is 0 Å². The summed E-state index contributed by atoms with van der Waals surface area (Å²) in [7, 11) is 0. The lowest BCUT2D eigenvalue weighted by Gasteiger charge is -2.44. The molecule has 3 unspecified atom stereocenters. The van der Waals surface area contributed by atoms with Crippen LogP contribution in [0, 0.1) is 0 Å². The lowest BCUT2D eigenvalue weighted by Crippen LogP contribution is -2.60. The second-order valence-electron chi connectivity index (χ2n) is 6.05. The Morgan fingerprint density at radius 1 is 0.714 bits per heavy atom. The van der Waals surface area contributed by atoms with Crippen LogP contribution in [0.3, 0.4) is 0 Å². The summed E-state index contributed by atoms with van der Waals surface area (Å²) in [5.74, 6) is 0.350. The first-order chi connectivity index (χ1) is 9.98. The molecule has 2 heteroatoms. The molecule has 3 atom stereocenters. The third-order valence-corrected chi connectivity index (χ3v) is 4.89. The quantitative estimate of drug-likeness (QED) is 0.879. The van der Waals surface area contributed by atoms with Crippen LogP contribution in [-0.4, -0.2) is 11.6 Å². The van der Waals surface area contributed by atoms with Crippen LogP contribution in [0.15, 0.2) is 60.7 Å². The van der Waals surface area contributed by atoms with E-state index in [1.54, 1.807) is 0 Å². The van der Waals surface area contributed by atoms with Crippen molar-refractivity contribution < 1.29 is 0 Å². The first-order valence-electron chi connectivity index (χ1n) is 7.62. The fourth-order valence-electron chi connectivity index (χ4n) is 3.22. The number of nitrogens with two attached hydrogens (primary N) is 2. The van der Waals surface area contributed by atoms with Gasteiger partial charge in [-0.2, -0.15) is 0 Å².